The van der Waals surface area contributed by atoms with E-state index in [1.54, 1.807) is 53.1 Å². The SMILES string of the molecule is COc1cc2c(c3c(C)cccc13)[C@H](CCl)CN2C(=O)c1cn2cc(NC(=O)c3ccc(O)cc3)ccc2n1. The first kappa shape index (κ1) is 24.8. The van der Waals surface area contributed by atoms with Gasteiger partial charge in [0.05, 0.1) is 18.5 Å². The molecular formula is C30H25ClN4O4. The van der Waals surface area contributed by atoms with Gasteiger partial charge in [0.15, 0.2) is 0 Å². The van der Waals surface area contributed by atoms with Crippen molar-refractivity contribution in [1.82, 2.24) is 9.38 Å². The van der Waals surface area contributed by atoms with Crippen molar-refractivity contribution >= 4 is 51.2 Å². The molecule has 8 nitrogen and oxygen atoms in total. The molecule has 2 N–H and O–H groups in total. The van der Waals surface area contributed by atoms with Crippen LogP contribution in [0.15, 0.2) is 73.1 Å². The van der Waals surface area contributed by atoms with E-state index in [4.69, 9.17) is 16.3 Å². The fourth-order valence-electron chi connectivity index (χ4n) is 5.30. The quantitative estimate of drug-likeness (QED) is 0.277. The van der Waals surface area contributed by atoms with E-state index in [2.05, 4.69) is 23.3 Å². The van der Waals surface area contributed by atoms with Crippen molar-refractivity contribution in [3.8, 4) is 11.5 Å². The van der Waals surface area contributed by atoms with Gasteiger partial charge in [-0.05, 0) is 59.8 Å². The van der Waals surface area contributed by atoms with Crippen LogP contribution in [0.5, 0.6) is 11.5 Å². The van der Waals surface area contributed by atoms with Gasteiger partial charge in [0.2, 0.25) is 0 Å². The molecule has 1 aliphatic rings. The van der Waals surface area contributed by atoms with E-state index in [1.165, 1.54) is 12.1 Å². The number of aromatic hydroxyl groups is 1. The molecule has 9 heteroatoms. The number of nitrogens with one attached hydrogen (secondary N) is 1. The fourth-order valence-corrected chi connectivity index (χ4v) is 5.55. The number of nitrogens with zero attached hydrogens (tertiary/aromatic N) is 3. The van der Waals surface area contributed by atoms with E-state index in [1.807, 2.05) is 18.2 Å². The van der Waals surface area contributed by atoms with Crippen LogP contribution >= 0.6 is 11.6 Å². The number of imidazole rings is 1. The lowest BCUT2D eigenvalue weighted by Crippen LogP contribution is -2.30. The standard InChI is InChI=1S/C30H25ClN4O4/c1-17-4-3-5-22-25(39-2)12-24-28(27(17)22)19(13-31)14-35(24)30(38)23-16-34-15-20(8-11-26(34)33-23)32-29(37)18-6-9-21(36)10-7-18/h3-12,15-16,19,36H,13-14H2,1-2H3,(H,32,37)/t19-/m1/s1. The molecule has 6 rings (SSSR count). The molecule has 39 heavy (non-hydrogen) atoms. The van der Waals surface area contributed by atoms with E-state index in [-0.39, 0.29) is 29.2 Å². The van der Waals surface area contributed by atoms with Gasteiger partial charge in [-0.25, -0.2) is 4.98 Å². The van der Waals surface area contributed by atoms with E-state index in [0.717, 1.165) is 27.6 Å². The van der Waals surface area contributed by atoms with Crippen LogP contribution in [0.1, 0.15) is 37.9 Å². The minimum absolute atomic E-state index is 0.0288. The Kier molecular flexibility index (Phi) is 6.12. The second-order valence-corrected chi connectivity index (χ2v) is 9.90. The number of halogens is 1. The van der Waals surface area contributed by atoms with Crippen LogP contribution in [-0.2, 0) is 0 Å². The van der Waals surface area contributed by atoms with Crippen molar-refractivity contribution in [3.05, 3.63) is 95.4 Å². The predicted octanol–water partition coefficient (Wildman–Crippen LogP) is 5.75. The molecule has 0 saturated heterocycles. The van der Waals surface area contributed by atoms with Crippen LogP contribution in [0.25, 0.3) is 16.4 Å². The monoisotopic (exact) mass is 540 g/mol. The van der Waals surface area contributed by atoms with Crippen molar-refractivity contribution in [1.29, 1.82) is 0 Å². The molecule has 1 atom stereocenters. The number of alkyl halides is 1. The van der Waals surface area contributed by atoms with Crippen LogP contribution in [-0.4, -0.2) is 45.8 Å². The molecule has 2 amide bonds. The van der Waals surface area contributed by atoms with Gasteiger partial charge in [-0.3, -0.25) is 9.59 Å². The molecule has 1 aliphatic heterocycles. The lowest BCUT2D eigenvalue weighted by atomic mass is 9.92. The molecule has 0 spiro atoms. The molecule has 0 saturated carbocycles. The molecule has 0 unspecified atom stereocenters. The average molecular weight is 541 g/mol. The third-order valence-corrected chi connectivity index (χ3v) is 7.53. The summed E-state index contributed by atoms with van der Waals surface area (Å²) in [5.74, 6) is 0.578. The Balaban J connectivity index is 1.34. The molecule has 0 fully saturated rings. The normalized spacial score (nSPS) is 14.5. The van der Waals surface area contributed by atoms with Crippen LogP contribution in [0, 0.1) is 6.92 Å². The van der Waals surface area contributed by atoms with Gasteiger partial charge in [-0.1, -0.05) is 18.2 Å². The Morgan fingerprint density at radius 2 is 1.92 bits per heavy atom. The second-order valence-electron chi connectivity index (χ2n) is 9.59. The van der Waals surface area contributed by atoms with Gasteiger partial charge in [-0.2, -0.15) is 0 Å². The van der Waals surface area contributed by atoms with Crippen LogP contribution < -0.4 is 15.0 Å². The number of pyridine rings is 1. The number of aromatic nitrogens is 2. The third kappa shape index (κ3) is 4.23. The molecule has 196 valence electrons. The average Bonchev–Trinajstić information content (AvgIpc) is 3.53. The van der Waals surface area contributed by atoms with Crippen LogP contribution in [0.3, 0.4) is 0 Å². The topological polar surface area (TPSA) is 96.2 Å². The maximum absolute atomic E-state index is 13.8. The number of aryl methyl sites for hydroxylation is 1. The Hall–Kier alpha value is -4.56. The first-order valence-electron chi connectivity index (χ1n) is 12.4. The summed E-state index contributed by atoms with van der Waals surface area (Å²) in [7, 11) is 1.63. The van der Waals surface area contributed by atoms with E-state index >= 15 is 0 Å². The number of anilines is 2. The number of fused-ring (bicyclic) bond motifs is 4. The summed E-state index contributed by atoms with van der Waals surface area (Å²) in [5.41, 5.74) is 4.73. The number of phenolic OH excluding ortho intramolecular Hbond substituents is 1. The number of amides is 2. The van der Waals surface area contributed by atoms with Gasteiger partial charge in [-0.15, -0.1) is 11.6 Å². The molecule has 0 bridgehead atoms. The summed E-state index contributed by atoms with van der Waals surface area (Å²) in [6.07, 6.45) is 3.36. The number of phenols is 1. The van der Waals surface area contributed by atoms with Crippen molar-refractivity contribution in [3.63, 3.8) is 0 Å². The molecule has 3 aromatic carbocycles. The van der Waals surface area contributed by atoms with E-state index in [9.17, 15) is 14.7 Å². The Morgan fingerprint density at radius 3 is 2.67 bits per heavy atom. The number of hydrogen-bond donors (Lipinski definition) is 2. The number of benzene rings is 3. The lowest BCUT2D eigenvalue weighted by Gasteiger charge is -2.18. The number of carbonyl (C=O) groups excluding carboxylic acids is 2. The van der Waals surface area contributed by atoms with Gasteiger partial charge in [0.1, 0.15) is 22.8 Å². The highest BCUT2D eigenvalue weighted by Crippen LogP contribution is 2.46. The van der Waals surface area contributed by atoms with Crippen molar-refractivity contribution in [2.45, 2.75) is 12.8 Å². The Bertz CT molecular complexity index is 1760. The van der Waals surface area contributed by atoms with Gasteiger partial charge < -0.3 is 24.5 Å². The zero-order chi connectivity index (χ0) is 27.3. The molecule has 2 aromatic heterocycles. The third-order valence-electron chi connectivity index (χ3n) is 7.16. The minimum atomic E-state index is -0.317. The molecule has 3 heterocycles. The first-order valence-corrected chi connectivity index (χ1v) is 13.0. The van der Waals surface area contributed by atoms with Crippen LogP contribution in [0.2, 0.25) is 0 Å². The Morgan fingerprint density at radius 1 is 1.13 bits per heavy atom. The smallest absolute Gasteiger partial charge is 0.278 e. The van der Waals surface area contributed by atoms with Crippen molar-refractivity contribution < 1.29 is 19.4 Å². The number of hydrogen-bond acceptors (Lipinski definition) is 5. The molecule has 0 aliphatic carbocycles. The summed E-state index contributed by atoms with van der Waals surface area (Å²) >= 11 is 6.42. The lowest BCUT2D eigenvalue weighted by molar-refractivity contribution is 0.0982. The second kappa shape index (κ2) is 9.63. The highest BCUT2D eigenvalue weighted by molar-refractivity contribution is 6.19. The zero-order valence-corrected chi connectivity index (χ0v) is 22.1. The summed E-state index contributed by atoms with van der Waals surface area (Å²) in [6.45, 7) is 2.49. The predicted molar refractivity (Wildman–Crippen MR) is 152 cm³/mol. The van der Waals surface area contributed by atoms with Gasteiger partial charge in [0.25, 0.3) is 11.8 Å². The number of rotatable bonds is 5. The molecule has 0 radical (unpaired) electrons. The summed E-state index contributed by atoms with van der Waals surface area (Å²) in [4.78, 5) is 32.7. The largest absolute Gasteiger partial charge is 0.508 e. The molecular weight excluding hydrogens is 516 g/mol. The highest BCUT2D eigenvalue weighted by Gasteiger charge is 2.36. The van der Waals surface area contributed by atoms with Gasteiger partial charge in [0, 0.05) is 47.8 Å². The minimum Gasteiger partial charge on any atom is -0.508 e. The maximum Gasteiger partial charge on any atom is 0.278 e. The van der Waals surface area contributed by atoms with Crippen LogP contribution in [0.4, 0.5) is 11.4 Å². The number of ether oxygens (including phenoxy) is 1. The van der Waals surface area contributed by atoms with Gasteiger partial charge >= 0.3 is 0 Å². The van der Waals surface area contributed by atoms with Crippen molar-refractivity contribution in [2.24, 2.45) is 0 Å². The van der Waals surface area contributed by atoms with Crippen molar-refractivity contribution in [2.75, 3.05) is 29.8 Å². The first-order chi connectivity index (χ1) is 18.9. The number of carbonyl (C=O) groups is 2. The zero-order valence-electron chi connectivity index (χ0n) is 21.3. The fraction of sp³-hybridized carbons (Fsp3) is 0.167. The summed E-state index contributed by atoms with van der Waals surface area (Å²) in [6, 6.07) is 17.4. The van der Waals surface area contributed by atoms with E-state index in [0.29, 0.717) is 35.1 Å². The molecule has 5 aromatic rings. The maximum atomic E-state index is 13.8. The summed E-state index contributed by atoms with van der Waals surface area (Å²) < 4.78 is 7.41. The Labute approximate surface area is 229 Å². The van der Waals surface area contributed by atoms with E-state index < -0.39 is 0 Å². The number of methoxy groups -OCH3 is 1. The highest BCUT2D eigenvalue weighted by atomic mass is 35.5. The summed E-state index contributed by atoms with van der Waals surface area (Å²) in [5, 5.41) is 14.3.